The number of rotatable bonds is 16. The van der Waals surface area contributed by atoms with E-state index >= 15 is 0 Å². The van der Waals surface area contributed by atoms with Crippen LogP contribution >= 0.6 is 0 Å². The number of hydrazine groups is 2. The maximum atomic E-state index is 9.03. The Morgan fingerprint density at radius 2 is 0.552 bits per heavy atom. The molecule has 0 atom stereocenters. The van der Waals surface area contributed by atoms with Gasteiger partial charge in [0, 0.05) is 77.8 Å². The molecule has 0 aliphatic carbocycles. The summed E-state index contributed by atoms with van der Waals surface area (Å²) >= 11 is 0. The molecule has 0 aromatic heterocycles. The average Bonchev–Trinajstić information content (AvgIpc) is 2.74. The van der Waals surface area contributed by atoms with Crippen molar-refractivity contribution in [3.8, 4) is 36.4 Å². The van der Waals surface area contributed by atoms with E-state index < -0.39 is 0 Å². The Morgan fingerprint density at radius 3 is 0.759 bits per heavy atom. The van der Waals surface area contributed by atoms with Crippen molar-refractivity contribution in [2.24, 2.45) is 0 Å². The second-order valence-electron chi connectivity index (χ2n) is 5.96. The molecular weight excluding hydrogens is 368 g/mol. The van der Waals surface area contributed by atoms with Gasteiger partial charge in [0.25, 0.3) is 0 Å². The fraction of sp³-hybridized carbons (Fsp3) is 0.684. The highest BCUT2D eigenvalue weighted by molar-refractivity contribution is 4.80. The van der Waals surface area contributed by atoms with E-state index in [0.29, 0.717) is 45.9 Å². The van der Waals surface area contributed by atoms with Gasteiger partial charge < -0.3 is 0 Å². The van der Waals surface area contributed by atoms with E-state index in [2.05, 4.69) is 36.4 Å². The van der Waals surface area contributed by atoms with Gasteiger partial charge in [-0.2, -0.15) is 31.6 Å². The zero-order chi connectivity index (χ0) is 21.7. The molecule has 0 N–H and O–H groups in total. The Labute approximate surface area is 173 Å². The Bertz CT molecular complexity index is 597. The first-order chi connectivity index (χ1) is 14.2. The third kappa shape index (κ3) is 12.0. The van der Waals surface area contributed by atoms with E-state index in [4.69, 9.17) is 31.6 Å². The number of nitrogens with zero attached hydrogens (tertiary/aromatic N) is 10. The Kier molecular flexibility index (Phi) is 16.1. The minimum absolute atomic E-state index is 0.262. The Hall–Kier alpha value is -3.22. The fourth-order valence-electron chi connectivity index (χ4n) is 2.66. The molecule has 0 saturated carbocycles. The largest absolute Gasteiger partial charge is 0.238 e. The van der Waals surface area contributed by atoms with E-state index in [9.17, 15) is 0 Å². The van der Waals surface area contributed by atoms with Crippen LogP contribution in [0.2, 0.25) is 0 Å². The minimum Gasteiger partial charge on any atom is -0.238 e. The van der Waals surface area contributed by atoms with E-state index in [1.807, 2.05) is 20.0 Å². The molecule has 0 bridgehead atoms. The van der Waals surface area contributed by atoms with Crippen molar-refractivity contribution < 1.29 is 0 Å². The smallest absolute Gasteiger partial charge is 0.0787 e. The average molecular weight is 394 g/mol. The quantitative estimate of drug-likeness (QED) is 0.277. The van der Waals surface area contributed by atoms with Crippen LogP contribution in [0.3, 0.4) is 0 Å². The van der Waals surface area contributed by atoms with Gasteiger partial charge in [0.15, 0.2) is 0 Å². The Balaban J connectivity index is 5.57. The van der Waals surface area contributed by atoms with Crippen LogP contribution in [-0.2, 0) is 0 Å². The van der Waals surface area contributed by atoms with Crippen molar-refractivity contribution in [2.45, 2.75) is 38.5 Å². The van der Waals surface area contributed by atoms with Crippen LogP contribution in [0.15, 0.2) is 0 Å². The summed E-state index contributed by atoms with van der Waals surface area (Å²) < 4.78 is 0. The van der Waals surface area contributed by atoms with Crippen LogP contribution in [0.5, 0.6) is 0 Å². The summed E-state index contributed by atoms with van der Waals surface area (Å²) in [4.78, 5) is 0. The van der Waals surface area contributed by atoms with Crippen molar-refractivity contribution >= 4 is 0 Å². The van der Waals surface area contributed by atoms with Crippen molar-refractivity contribution in [3.63, 3.8) is 0 Å². The Morgan fingerprint density at radius 1 is 0.345 bits per heavy atom. The fourth-order valence-corrected chi connectivity index (χ4v) is 2.66. The molecular formula is C19H26N10. The first-order valence-corrected chi connectivity index (χ1v) is 9.39. The molecule has 0 aromatic carbocycles. The summed E-state index contributed by atoms with van der Waals surface area (Å²) in [7, 11) is 0. The summed E-state index contributed by atoms with van der Waals surface area (Å²) in [6.07, 6.45) is 1.63. The van der Waals surface area contributed by atoms with Crippen molar-refractivity contribution in [2.75, 3.05) is 45.9 Å². The summed E-state index contributed by atoms with van der Waals surface area (Å²) in [5.41, 5.74) is 0. The predicted octanol–water partition coefficient (Wildman–Crippen LogP) is 1.46. The predicted molar refractivity (Wildman–Crippen MR) is 103 cm³/mol. The van der Waals surface area contributed by atoms with Crippen LogP contribution < -0.4 is 0 Å². The lowest BCUT2D eigenvalue weighted by molar-refractivity contribution is -0.127. The lowest BCUT2D eigenvalue weighted by atomic mass is 10.3. The lowest BCUT2D eigenvalue weighted by Crippen LogP contribution is -2.55. The van der Waals surface area contributed by atoms with Gasteiger partial charge in [-0.25, -0.2) is 20.0 Å². The standard InChI is InChI=1S/C19H26N10/c20-7-1-13-26(14-2-8-21)28(17-5-11-24)19-29(18-6-12-25)27(15-3-9-22)16-4-10-23/h1-6,13-19H2. The normalized spacial score (nSPS) is 10.1. The zero-order valence-corrected chi connectivity index (χ0v) is 16.7. The van der Waals surface area contributed by atoms with Gasteiger partial charge in [0.1, 0.15) is 0 Å². The molecule has 0 rings (SSSR count). The van der Waals surface area contributed by atoms with E-state index in [1.54, 1.807) is 0 Å². The molecule has 0 spiro atoms. The maximum Gasteiger partial charge on any atom is 0.0787 e. The first-order valence-electron chi connectivity index (χ1n) is 9.39. The van der Waals surface area contributed by atoms with Crippen LogP contribution in [0.25, 0.3) is 0 Å². The molecule has 0 saturated heterocycles. The molecule has 29 heavy (non-hydrogen) atoms. The van der Waals surface area contributed by atoms with Gasteiger partial charge in [-0.15, -0.1) is 0 Å². The van der Waals surface area contributed by atoms with E-state index in [0.717, 1.165) is 0 Å². The zero-order valence-electron chi connectivity index (χ0n) is 16.7. The third-order valence-corrected chi connectivity index (χ3v) is 4.02. The molecule has 0 unspecified atom stereocenters. The summed E-state index contributed by atoms with van der Waals surface area (Å²) in [6, 6.07) is 12.6. The molecule has 0 aliphatic heterocycles. The molecule has 10 nitrogen and oxygen atoms in total. The highest BCUT2D eigenvalue weighted by Crippen LogP contribution is 2.10. The molecule has 10 heteroatoms. The van der Waals surface area contributed by atoms with Gasteiger partial charge >= 0.3 is 0 Å². The topological polar surface area (TPSA) is 156 Å². The number of hydrogen-bond acceptors (Lipinski definition) is 10. The molecule has 0 aliphatic rings. The van der Waals surface area contributed by atoms with E-state index in [-0.39, 0.29) is 38.5 Å². The maximum absolute atomic E-state index is 9.03. The second-order valence-corrected chi connectivity index (χ2v) is 5.96. The van der Waals surface area contributed by atoms with Gasteiger partial charge in [-0.05, 0) is 0 Å². The van der Waals surface area contributed by atoms with Gasteiger partial charge in [-0.1, -0.05) is 0 Å². The van der Waals surface area contributed by atoms with Crippen LogP contribution in [0.1, 0.15) is 38.5 Å². The molecule has 0 amide bonds. The molecule has 0 heterocycles. The SMILES string of the molecule is N#CCCN(CCC#N)N(CCC#N)CN(CCC#N)N(CCC#N)CCC#N. The highest BCUT2D eigenvalue weighted by atomic mass is 15.7. The summed E-state index contributed by atoms with van der Waals surface area (Å²) in [6.45, 7) is 2.83. The van der Waals surface area contributed by atoms with Crippen molar-refractivity contribution in [1.29, 1.82) is 31.6 Å². The number of hydrogen-bond donors (Lipinski definition) is 0. The molecule has 152 valence electrons. The first kappa shape index (κ1) is 25.8. The van der Waals surface area contributed by atoms with Crippen LogP contribution in [0, 0.1) is 68.0 Å². The minimum atomic E-state index is 0.262. The van der Waals surface area contributed by atoms with Crippen LogP contribution in [-0.4, -0.2) is 66.0 Å². The van der Waals surface area contributed by atoms with Crippen molar-refractivity contribution in [1.82, 2.24) is 20.0 Å². The summed E-state index contributed by atoms with van der Waals surface area (Å²) in [5, 5.41) is 61.4. The molecule has 0 fully saturated rings. The lowest BCUT2D eigenvalue weighted by Gasteiger charge is -2.41. The number of nitriles is 6. The molecule has 0 aromatic rings. The monoisotopic (exact) mass is 394 g/mol. The summed E-state index contributed by atoms with van der Waals surface area (Å²) in [5.74, 6) is 0. The van der Waals surface area contributed by atoms with Gasteiger partial charge in [0.2, 0.25) is 0 Å². The third-order valence-electron chi connectivity index (χ3n) is 4.02. The van der Waals surface area contributed by atoms with Crippen molar-refractivity contribution in [3.05, 3.63) is 0 Å². The van der Waals surface area contributed by atoms with Crippen LogP contribution in [0.4, 0.5) is 0 Å². The highest BCUT2D eigenvalue weighted by Gasteiger charge is 2.22. The van der Waals surface area contributed by atoms with Gasteiger partial charge in [-0.3, -0.25) is 0 Å². The van der Waals surface area contributed by atoms with Gasteiger partial charge in [0.05, 0.1) is 43.1 Å². The van der Waals surface area contributed by atoms with E-state index in [1.165, 1.54) is 0 Å². The molecule has 0 radical (unpaired) electrons. The second kappa shape index (κ2) is 18.2.